The second-order valence-electron chi connectivity index (χ2n) is 8.43. The summed E-state index contributed by atoms with van der Waals surface area (Å²) in [5.74, 6) is -3.93. The van der Waals surface area contributed by atoms with E-state index in [1.165, 1.54) is 38.6 Å². The molecular weight excluding hydrogens is 564 g/mol. The maximum Gasteiger partial charge on any atom is 0.327 e. The molecule has 0 aliphatic rings. The van der Waals surface area contributed by atoms with Crippen LogP contribution in [0.25, 0.3) is 0 Å². The lowest BCUT2D eigenvalue weighted by atomic mass is 10.1. The van der Waals surface area contributed by atoms with Crippen LogP contribution in [0.1, 0.15) is 48.6 Å². The van der Waals surface area contributed by atoms with E-state index in [1.54, 1.807) is 0 Å². The molecule has 15 nitrogen and oxygen atoms in total. The van der Waals surface area contributed by atoms with Crippen LogP contribution in [-0.4, -0.2) is 83.3 Å². The lowest BCUT2D eigenvalue weighted by Crippen LogP contribution is -2.41. The van der Waals surface area contributed by atoms with E-state index in [0.717, 1.165) is 23.5 Å². The van der Waals surface area contributed by atoms with Crippen LogP contribution in [-0.2, 0) is 24.0 Å². The van der Waals surface area contributed by atoms with E-state index in [-0.39, 0.29) is 53.2 Å². The van der Waals surface area contributed by atoms with Gasteiger partial charge in [0.05, 0.1) is 21.9 Å². The number of aromatic nitrogens is 4. The minimum absolute atomic E-state index is 0.0582. The Morgan fingerprint density at radius 3 is 1.38 bits per heavy atom. The van der Waals surface area contributed by atoms with Gasteiger partial charge in [-0.25, -0.2) is 19.6 Å². The first-order chi connectivity index (χ1) is 18.9. The Morgan fingerprint density at radius 1 is 0.725 bits per heavy atom. The lowest BCUT2D eigenvalue weighted by Gasteiger charge is -2.22. The van der Waals surface area contributed by atoms with Crippen molar-refractivity contribution >= 4 is 64.7 Å². The quantitative estimate of drug-likeness (QED) is 0.152. The van der Waals surface area contributed by atoms with Gasteiger partial charge in [-0.05, 0) is 0 Å². The predicted molar refractivity (Wildman–Crippen MR) is 148 cm³/mol. The van der Waals surface area contributed by atoms with Crippen LogP contribution < -0.4 is 22.1 Å². The molecule has 2 heterocycles. The van der Waals surface area contributed by atoms with Crippen LogP contribution in [0.5, 0.6) is 0 Å². The molecule has 0 saturated heterocycles. The summed E-state index contributed by atoms with van der Waals surface area (Å²) in [5.41, 5.74) is 12.5. The van der Waals surface area contributed by atoms with Gasteiger partial charge >= 0.3 is 11.9 Å². The number of aliphatic carboxylic acids is 2. The Hall–Kier alpha value is -3.99. The van der Waals surface area contributed by atoms with Crippen molar-refractivity contribution < 1.29 is 34.2 Å². The van der Waals surface area contributed by atoms with Crippen molar-refractivity contribution in [3.05, 3.63) is 36.2 Å². The topological polar surface area (TPSA) is 253 Å². The van der Waals surface area contributed by atoms with Crippen molar-refractivity contribution in [1.29, 1.82) is 0 Å². The van der Waals surface area contributed by atoms with Crippen molar-refractivity contribution in [2.45, 2.75) is 49.3 Å². The normalized spacial score (nSPS) is 13.8. The number of carboxylic acids is 2. The maximum absolute atomic E-state index is 13.4. The number of hydrogen-bond acceptors (Lipinski definition) is 13. The van der Waals surface area contributed by atoms with Crippen molar-refractivity contribution in [2.24, 2.45) is 0 Å². The number of nitrogens with zero attached hydrogens (tertiary/aromatic N) is 4. The first-order valence-corrected chi connectivity index (χ1v) is 13.9. The molecule has 0 spiro atoms. The second kappa shape index (κ2) is 15.6. The number of nitrogens with one attached hydrogen (secondary N) is 2. The van der Waals surface area contributed by atoms with E-state index < -0.39 is 46.3 Å². The highest BCUT2D eigenvalue weighted by Crippen LogP contribution is 2.38. The Balaban J connectivity index is 2.28. The number of ketones is 1. The van der Waals surface area contributed by atoms with Crippen LogP contribution in [0.3, 0.4) is 0 Å². The van der Waals surface area contributed by atoms with Gasteiger partial charge in [0.15, 0.2) is 0 Å². The number of thioether (sulfide) groups is 2. The smallest absolute Gasteiger partial charge is 0.327 e. The number of Topliss-reactive ketones (excluding diaryl/α,β-unsaturated/α-hetero) is 1. The monoisotopic (exact) mass is 594 g/mol. The molecule has 2 aromatic heterocycles. The van der Waals surface area contributed by atoms with E-state index in [2.05, 4.69) is 30.6 Å². The first-order valence-electron chi connectivity index (χ1n) is 11.8. The number of rotatable bonds is 16. The summed E-state index contributed by atoms with van der Waals surface area (Å²) in [7, 11) is 0. The average Bonchev–Trinajstić information content (AvgIpc) is 2.87. The molecule has 40 heavy (non-hydrogen) atoms. The summed E-state index contributed by atoms with van der Waals surface area (Å²) in [6, 6.07) is -2.44. The molecule has 216 valence electrons. The molecule has 0 aromatic carbocycles. The molecule has 0 saturated carbocycles. The minimum atomic E-state index is -1.25. The molecule has 0 bridgehead atoms. The summed E-state index contributed by atoms with van der Waals surface area (Å²) in [6.45, 7) is 2.39. The van der Waals surface area contributed by atoms with Gasteiger partial charge in [-0.2, -0.15) is 0 Å². The van der Waals surface area contributed by atoms with Crippen LogP contribution in [0.2, 0.25) is 0 Å². The second-order valence-corrected chi connectivity index (χ2v) is 10.9. The SMILES string of the molecule is CC(=O)N[C@@H](CSC(CC(=O)CC(SC[C@H](NC(C)=O)C(=O)O)c1nccnc1N)c1nccnc1N)C(=O)O. The van der Waals surface area contributed by atoms with Crippen LogP contribution >= 0.6 is 23.5 Å². The first kappa shape index (κ1) is 32.2. The molecule has 0 aliphatic heterocycles. The highest BCUT2D eigenvalue weighted by Gasteiger charge is 2.29. The van der Waals surface area contributed by atoms with E-state index in [4.69, 9.17) is 11.5 Å². The zero-order valence-corrected chi connectivity index (χ0v) is 23.3. The van der Waals surface area contributed by atoms with Crippen LogP contribution in [0.15, 0.2) is 24.8 Å². The average molecular weight is 595 g/mol. The lowest BCUT2D eigenvalue weighted by molar-refractivity contribution is -0.141. The van der Waals surface area contributed by atoms with E-state index in [0.29, 0.717) is 0 Å². The highest BCUT2D eigenvalue weighted by atomic mass is 32.2. The zero-order valence-electron chi connectivity index (χ0n) is 21.6. The third-order valence-electron chi connectivity index (χ3n) is 5.23. The van der Waals surface area contributed by atoms with Gasteiger partial charge in [0.1, 0.15) is 29.5 Å². The number of hydrogen-bond donors (Lipinski definition) is 6. The number of carbonyl (C=O) groups is 5. The Labute approximate surface area is 237 Å². The number of carboxylic acid groups (broad SMARTS) is 2. The third kappa shape index (κ3) is 10.3. The molecular formula is C23H30N8O7S2. The molecule has 17 heteroatoms. The van der Waals surface area contributed by atoms with Gasteiger partial charge in [-0.1, -0.05) is 0 Å². The summed E-state index contributed by atoms with van der Waals surface area (Å²) < 4.78 is 0. The van der Waals surface area contributed by atoms with E-state index in [1.807, 2.05) is 0 Å². The molecule has 2 amide bonds. The van der Waals surface area contributed by atoms with Gasteiger partial charge in [0, 0.05) is 63.0 Å². The number of anilines is 2. The van der Waals surface area contributed by atoms with Crippen molar-refractivity contribution in [1.82, 2.24) is 30.6 Å². The molecule has 0 radical (unpaired) electrons. The van der Waals surface area contributed by atoms with Crippen molar-refractivity contribution in [3.63, 3.8) is 0 Å². The molecule has 0 fully saturated rings. The van der Waals surface area contributed by atoms with Crippen molar-refractivity contribution in [3.8, 4) is 0 Å². The van der Waals surface area contributed by atoms with Gasteiger partial charge in [0.25, 0.3) is 0 Å². The predicted octanol–water partition coefficient (Wildman–Crippen LogP) is 0.208. The molecule has 8 N–H and O–H groups in total. The third-order valence-corrected chi connectivity index (χ3v) is 7.86. The van der Waals surface area contributed by atoms with Gasteiger partial charge in [-0.3, -0.25) is 24.4 Å². The Bertz CT molecular complexity index is 1140. The molecule has 4 atom stereocenters. The molecule has 2 aromatic rings. The Morgan fingerprint density at radius 2 is 1.07 bits per heavy atom. The van der Waals surface area contributed by atoms with Gasteiger partial charge in [0.2, 0.25) is 11.8 Å². The zero-order chi connectivity index (χ0) is 29.8. The summed E-state index contributed by atoms with van der Waals surface area (Å²) in [6.07, 6.45) is 5.23. The van der Waals surface area contributed by atoms with Crippen LogP contribution in [0.4, 0.5) is 11.6 Å². The van der Waals surface area contributed by atoms with Crippen LogP contribution in [0, 0.1) is 0 Å². The van der Waals surface area contributed by atoms with Crippen molar-refractivity contribution in [2.75, 3.05) is 23.0 Å². The standard InChI is InChI=1S/C23H30N8O7S2/c1-11(32)30-14(22(35)36)9-39-16(18-20(24)28-5-3-26-18)7-13(34)8-17(19-21(25)29-6-4-27-19)40-10-15(23(37)38)31-12(2)33/h3-6,14-17H,7-10H2,1-2H3,(H2,24,28)(H2,25,29)(H,30,32)(H,31,33)(H,35,36)(H,37,38)/t14-,15-,16?,17?/m0/s1. The van der Waals surface area contributed by atoms with Gasteiger partial charge < -0.3 is 32.3 Å². The summed E-state index contributed by atoms with van der Waals surface area (Å²) >= 11 is 2.13. The number of nitrogen functional groups attached to an aromatic ring is 2. The van der Waals surface area contributed by atoms with E-state index >= 15 is 0 Å². The molecule has 0 aliphatic carbocycles. The number of carbonyl (C=O) groups excluding carboxylic acids is 3. The Kier molecular flexibility index (Phi) is 12.5. The number of nitrogens with two attached hydrogens (primary N) is 2. The fourth-order valence-corrected chi connectivity index (χ4v) is 6.03. The molecule has 2 rings (SSSR count). The van der Waals surface area contributed by atoms with Gasteiger partial charge in [-0.15, -0.1) is 23.5 Å². The van der Waals surface area contributed by atoms with E-state index in [9.17, 15) is 34.2 Å². The maximum atomic E-state index is 13.4. The summed E-state index contributed by atoms with van der Waals surface area (Å²) in [4.78, 5) is 75.9. The fourth-order valence-electron chi connectivity index (χ4n) is 3.45. The molecule has 2 unspecified atom stereocenters. The number of amides is 2. The minimum Gasteiger partial charge on any atom is -0.480 e. The highest BCUT2D eigenvalue weighted by molar-refractivity contribution is 7.99. The fraction of sp³-hybridized carbons (Fsp3) is 0.435. The largest absolute Gasteiger partial charge is 0.480 e. The summed E-state index contributed by atoms with van der Waals surface area (Å²) in [5, 5.41) is 22.2.